The summed E-state index contributed by atoms with van der Waals surface area (Å²) in [6.07, 6.45) is -0.102. The van der Waals surface area contributed by atoms with E-state index in [4.69, 9.17) is 6.11 Å². The molecule has 1 aliphatic heterocycles. The first-order chi connectivity index (χ1) is 6.45. The van der Waals surface area contributed by atoms with E-state index < -0.39 is 17.7 Å². The Bertz CT molecular complexity index is 288. The van der Waals surface area contributed by atoms with E-state index in [1.807, 2.05) is 0 Å². The lowest BCUT2D eigenvalue weighted by molar-refractivity contribution is -0.147. The number of hydrogen-bond donors (Lipinski definition) is 0. The maximum atomic E-state index is 11.5. The molecule has 0 N–H and O–H groups in total. The summed E-state index contributed by atoms with van der Waals surface area (Å²) < 4.78 is 17.9. The van der Waals surface area contributed by atoms with Crippen LogP contribution in [0.4, 0.5) is 0 Å². The SMILES string of the molecule is [2H]C12CC(Br)C(Br)CC1(C(=O)OC)O2. The lowest BCUT2D eigenvalue weighted by atomic mass is 9.89. The first kappa shape index (κ1) is 8.68. The van der Waals surface area contributed by atoms with Gasteiger partial charge < -0.3 is 9.47 Å². The zero-order valence-electron chi connectivity index (χ0n) is 8.05. The molecule has 1 saturated heterocycles. The molecule has 4 atom stereocenters. The fraction of sp³-hybridized carbons (Fsp3) is 0.875. The van der Waals surface area contributed by atoms with Crippen molar-refractivity contribution < 1.29 is 15.6 Å². The average molecular weight is 315 g/mol. The molecule has 2 aliphatic rings. The Morgan fingerprint density at radius 2 is 2.38 bits per heavy atom. The van der Waals surface area contributed by atoms with Crippen LogP contribution in [0.1, 0.15) is 14.2 Å². The first-order valence-electron chi connectivity index (χ1n) is 4.52. The summed E-state index contributed by atoms with van der Waals surface area (Å²) in [5.41, 5.74) is -1.03. The lowest BCUT2D eigenvalue weighted by Crippen LogP contribution is -2.39. The third kappa shape index (κ3) is 1.45. The van der Waals surface area contributed by atoms with Gasteiger partial charge in [-0.25, -0.2) is 4.79 Å². The van der Waals surface area contributed by atoms with Gasteiger partial charge in [-0.05, 0) is 6.42 Å². The van der Waals surface area contributed by atoms with Crippen LogP contribution in [0.2, 0.25) is 0 Å². The van der Waals surface area contributed by atoms with Crippen molar-refractivity contribution in [1.82, 2.24) is 0 Å². The number of alkyl halides is 2. The van der Waals surface area contributed by atoms with Gasteiger partial charge in [0.2, 0.25) is 0 Å². The molecule has 5 heteroatoms. The van der Waals surface area contributed by atoms with Gasteiger partial charge in [0.15, 0.2) is 5.60 Å². The van der Waals surface area contributed by atoms with E-state index in [-0.39, 0.29) is 9.65 Å². The molecule has 1 heterocycles. The molecular weight excluding hydrogens is 304 g/mol. The van der Waals surface area contributed by atoms with Crippen molar-refractivity contribution in [1.29, 1.82) is 0 Å². The molecule has 2 fully saturated rings. The number of halogens is 2. The fourth-order valence-corrected chi connectivity index (χ4v) is 2.78. The van der Waals surface area contributed by atoms with Gasteiger partial charge in [0.1, 0.15) is 6.08 Å². The number of methoxy groups -OCH3 is 1. The normalized spacial score (nSPS) is 54.8. The maximum Gasteiger partial charge on any atom is 0.340 e. The summed E-state index contributed by atoms with van der Waals surface area (Å²) in [7, 11) is 1.32. The van der Waals surface area contributed by atoms with Crippen molar-refractivity contribution in [3.8, 4) is 0 Å². The Morgan fingerprint density at radius 1 is 1.69 bits per heavy atom. The zero-order valence-corrected chi connectivity index (χ0v) is 10.2. The van der Waals surface area contributed by atoms with Crippen LogP contribution in [0.15, 0.2) is 0 Å². The lowest BCUT2D eigenvalue weighted by Gasteiger charge is -2.23. The zero-order chi connectivity index (χ0) is 10.6. The van der Waals surface area contributed by atoms with Crippen molar-refractivity contribution in [2.24, 2.45) is 0 Å². The predicted molar refractivity (Wildman–Crippen MR) is 54.3 cm³/mol. The van der Waals surface area contributed by atoms with Crippen LogP contribution >= 0.6 is 31.9 Å². The second kappa shape index (κ2) is 3.21. The van der Waals surface area contributed by atoms with E-state index in [2.05, 4.69) is 36.6 Å². The third-order valence-electron chi connectivity index (χ3n) is 2.48. The van der Waals surface area contributed by atoms with Crippen LogP contribution < -0.4 is 0 Å². The molecule has 1 aliphatic carbocycles. The summed E-state index contributed by atoms with van der Waals surface area (Å²) in [6.45, 7) is 0. The number of epoxide rings is 1. The Kier molecular flexibility index (Phi) is 2.14. The first-order valence-corrected chi connectivity index (χ1v) is 5.85. The standard InChI is InChI=1S/C8H10Br2O3/c1-12-7(11)8-3-5(10)4(9)2-6(8)13-8/h4-6H,2-3H2,1H3/i6D. The number of rotatable bonds is 1. The number of fused-ring (bicyclic) bond motifs is 1. The van der Waals surface area contributed by atoms with Crippen LogP contribution in [-0.4, -0.2) is 34.4 Å². The Hall–Kier alpha value is 0.390. The van der Waals surface area contributed by atoms with E-state index in [9.17, 15) is 4.79 Å². The highest BCUT2D eigenvalue weighted by atomic mass is 79.9. The van der Waals surface area contributed by atoms with E-state index >= 15 is 0 Å². The monoisotopic (exact) mass is 313 g/mol. The van der Waals surface area contributed by atoms with Crippen molar-refractivity contribution in [3.63, 3.8) is 0 Å². The van der Waals surface area contributed by atoms with Crippen LogP contribution in [-0.2, 0) is 14.3 Å². The Balaban J connectivity index is 2.21. The quantitative estimate of drug-likeness (QED) is 0.419. The minimum Gasteiger partial charge on any atom is -0.467 e. The minimum atomic E-state index is -1.08. The third-order valence-corrected chi connectivity index (χ3v) is 5.11. The largest absolute Gasteiger partial charge is 0.467 e. The average Bonchev–Trinajstić information content (AvgIpc) is 2.71. The van der Waals surface area contributed by atoms with Crippen molar-refractivity contribution in [2.45, 2.75) is 34.2 Å². The van der Waals surface area contributed by atoms with Crippen LogP contribution in [0.5, 0.6) is 0 Å². The predicted octanol–water partition coefficient (Wildman–Crippen LogP) is 1.62. The molecule has 0 aromatic heterocycles. The van der Waals surface area contributed by atoms with Gasteiger partial charge in [-0.1, -0.05) is 31.9 Å². The van der Waals surface area contributed by atoms with Crippen molar-refractivity contribution >= 4 is 37.8 Å². The summed E-state index contributed by atoms with van der Waals surface area (Å²) in [5.74, 6) is -0.434. The number of carbonyl (C=O) groups excluding carboxylic acids is 1. The second-order valence-corrected chi connectivity index (χ2v) is 5.64. The highest BCUT2D eigenvalue weighted by molar-refractivity contribution is 9.12. The number of ether oxygens (including phenoxy) is 2. The van der Waals surface area contributed by atoms with Gasteiger partial charge in [0.25, 0.3) is 0 Å². The van der Waals surface area contributed by atoms with Gasteiger partial charge in [-0.2, -0.15) is 0 Å². The van der Waals surface area contributed by atoms with E-state index in [1.54, 1.807) is 0 Å². The van der Waals surface area contributed by atoms with Crippen molar-refractivity contribution in [3.05, 3.63) is 0 Å². The smallest absolute Gasteiger partial charge is 0.340 e. The minimum absolute atomic E-state index is 0.141. The molecule has 13 heavy (non-hydrogen) atoms. The topological polar surface area (TPSA) is 38.8 Å². The highest BCUT2D eigenvalue weighted by Crippen LogP contribution is 2.51. The molecule has 1 saturated carbocycles. The molecule has 4 unspecified atom stereocenters. The molecular formula is C8H10Br2O3. The van der Waals surface area contributed by atoms with Gasteiger partial charge in [0.05, 0.1) is 8.48 Å². The van der Waals surface area contributed by atoms with Crippen LogP contribution in [0.25, 0.3) is 0 Å². The second-order valence-electron chi connectivity index (χ2n) is 3.28. The maximum absolute atomic E-state index is 11.5. The summed E-state index contributed by atoms with van der Waals surface area (Å²) in [5, 5.41) is 0. The summed E-state index contributed by atoms with van der Waals surface area (Å²) >= 11 is 6.91. The highest BCUT2D eigenvalue weighted by Gasteiger charge is 2.67. The van der Waals surface area contributed by atoms with Crippen LogP contribution in [0.3, 0.4) is 0 Å². The molecule has 0 spiro atoms. The van der Waals surface area contributed by atoms with E-state index in [1.165, 1.54) is 7.11 Å². The Morgan fingerprint density at radius 3 is 3.00 bits per heavy atom. The summed E-state index contributed by atoms with van der Waals surface area (Å²) in [6, 6.07) is 0. The number of hydrogen-bond acceptors (Lipinski definition) is 3. The molecule has 0 amide bonds. The van der Waals surface area contributed by atoms with Gasteiger partial charge >= 0.3 is 5.97 Å². The fourth-order valence-electron chi connectivity index (χ4n) is 1.66. The van der Waals surface area contributed by atoms with Crippen molar-refractivity contribution in [2.75, 3.05) is 7.11 Å². The number of carbonyl (C=O) groups is 1. The molecule has 3 nitrogen and oxygen atoms in total. The molecule has 0 radical (unpaired) electrons. The molecule has 0 aromatic carbocycles. The molecule has 0 aromatic rings. The van der Waals surface area contributed by atoms with Gasteiger partial charge in [-0.15, -0.1) is 0 Å². The van der Waals surface area contributed by atoms with E-state index in [0.717, 1.165) is 0 Å². The number of esters is 1. The van der Waals surface area contributed by atoms with Gasteiger partial charge in [0, 0.05) is 16.1 Å². The molecule has 74 valence electrons. The molecule has 2 rings (SSSR count). The van der Waals surface area contributed by atoms with Crippen LogP contribution in [0, 0.1) is 0 Å². The summed E-state index contributed by atoms with van der Waals surface area (Å²) in [4.78, 5) is 11.8. The van der Waals surface area contributed by atoms with Gasteiger partial charge in [-0.3, -0.25) is 0 Å². The Labute approximate surface area is 94.8 Å². The molecule has 0 bridgehead atoms. The van der Waals surface area contributed by atoms with E-state index in [0.29, 0.717) is 12.8 Å².